The zero-order valence-corrected chi connectivity index (χ0v) is 12.6. The molecule has 1 unspecified atom stereocenters. The van der Waals surface area contributed by atoms with Crippen molar-refractivity contribution in [2.24, 2.45) is 0 Å². The van der Waals surface area contributed by atoms with Gasteiger partial charge in [-0.05, 0) is 12.6 Å². The Morgan fingerprint density at radius 1 is 1.14 bits per heavy atom. The standard InChI is InChI=1S/C17H19N3O2/c1-18-11-12-20(16(13-18)14-5-3-2-4-6-14)17(21)15-7-9-19(22)10-8-15/h2-10,16H,11-13H2,1H3. The van der Waals surface area contributed by atoms with E-state index in [9.17, 15) is 10.0 Å². The van der Waals surface area contributed by atoms with Gasteiger partial charge in [0, 0.05) is 31.8 Å². The molecule has 1 amide bonds. The Kier molecular flexibility index (Phi) is 4.06. The molecular formula is C17H19N3O2. The lowest BCUT2D eigenvalue weighted by molar-refractivity contribution is -0.605. The van der Waals surface area contributed by atoms with Crippen LogP contribution in [0.3, 0.4) is 0 Å². The lowest BCUT2D eigenvalue weighted by Gasteiger charge is -2.40. The molecule has 0 spiro atoms. The highest BCUT2D eigenvalue weighted by Crippen LogP contribution is 2.26. The van der Waals surface area contributed by atoms with Crippen molar-refractivity contribution in [2.45, 2.75) is 6.04 Å². The zero-order valence-electron chi connectivity index (χ0n) is 12.6. The highest BCUT2D eigenvalue weighted by molar-refractivity contribution is 5.94. The van der Waals surface area contributed by atoms with Crippen LogP contribution < -0.4 is 4.73 Å². The van der Waals surface area contributed by atoms with Gasteiger partial charge < -0.3 is 15.0 Å². The number of hydrogen-bond donors (Lipinski definition) is 0. The molecule has 114 valence electrons. The highest BCUT2D eigenvalue weighted by atomic mass is 16.5. The van der Waals surface area contributed by atoms with Gasteiger partial charge in [-0.15, -0.1) is 0 Å². The van der Waals surface area contributed by atoms with Crippen LogP contribution in [-0.2, 0) is 0 Å². The summed E-state index contributed by atoms with van der Waals surface area (Å²) in [7, 11) is 2.07. The summed E-state index contributed by atoms with van der Waals surface area (Å²) in [6.07, 6.45) is 2.72. The first-order valence-electron chi connectivity index (χ1n) is 7.38. The number of piperazine rings is 1. The number of pyridine rings is 1. The summed E-state index contributed by atoms with van der Waals surface area (Å²) in [6.45, 7) is 2.34. The maximum atomic E-state index is 12.8. The Morgan fingerprint density at radius 2 is 1.82 bits per heavy atom. The first kappa shape index (κ1) is 14.5. The van der Waals surface area contributed by atoms with Crippen molar-refractivity contribution in [1.29, 1.82) is 0 Å². The van der Waals surface area contributed by atoms with Crippen LogP contribution in [0.4, 0.5) is 0 Å². The van der Waals surface area contributed by atoms with Crippen LogP contribution in [-0.4, -0.2) is 42.4 Å². The predicted octanol–water partition coefficient (Wildman–Crippen LogP) is 1.45. The van der Waals surface area contributed by atoms with Crippen molar-refractivity contribution >= 4 is 5.91 Å². The molecule has 1 aliphatic rings. The molecule has 2 heterocycles. The van der Waals surface area contributed by atoms with Crippen LogP contribution in [0.5, 0.6) is 0 Å². The fourth-order valence-corrected chi connectivity index (χ4v) is 2.84. The summed E-state index contributed by atoms with van der Waals surface area (Å²) < 4.78 is 0.690. The minimum atomic E-state index is -0.0254. The van der Waals surface area contributed by atoms with Gasteiger partial charge in [0.15, 0.2) is 12.4 Å². The summed E-state index contributed by atoms with van der Waals surface area (Å²) in [4.78, 5) is 16.9. The third kappa shape index (κ3) is 2.94. The normalized spacial score (nSPS) is 19.1. The first-order valence-corrected chi connectivity index (χ1v) is 7.38. The van der Waals surface area contributed by atoms with Gasteiger partial charge in [-0.2, -0.15) is 4.73 Å². The summed E-state index contributed by atoms with van der Waals surface area (Å²) in [5.41, 5.74) is 1.69. The number of carbonyl (C=O) groups is 1. The van der Waals surface area contributed by atoms with Crippen molar-refractivity contribution in [3.8, 4) is 0 Å². The Labute approximate surface area is 130 Å². The van der Waals surface area contributed by atoms with Crippen LogP contribution in [0.15, 0.2) is 54.9 Å². The average Bonchev–Trinajstić information content (AvgIpc) is 2.56. The van der Waals surface area contributed by atoms with E-state index >= 15 is 0 Å². The van der Waals surface area contributed by atoms with Crippen molar-refractivity contribution in [1.82, 2.24) is 9.80 Å². The highest BCUT2D eigenvalue weighted by Gasteiger charge is 2.30. The minimum Gasteiger partial charge on any atom is -0.619 e. The second kappa shape index (κ2) is 6.15. The third-order valence-electron chi connectivity index (χ3n) is 4.08. The van der Waals surface area contributed by atoms with Gasteiger partial charge in [0.05, 0.1) is 11.6 Å². The van der Waals surface area contributed by atoms with E-state index in [1.807, 2.05) is 23.1 Å². The fourth-order valence-electron chi connectivity index (χ4n) is 2.84. The van der Waals surface area contributed by atoms with Gasteiger partial charge in [0.25, 0.3) is 5.91 Å². The smallest absolute Gasteiger partial charge is 0.254 e. The van der Waals surface area contributed by atoms with E-state index in [1.54, 1.807) is 12.1 Å². The third-order valence-corrected chi connectivity index (χ3v) is 4.08. The molecule has 22 heavy (non-hydrogen) atoms. The Morgan fingerprint density at radius 3 is 2.50 bits per heavy atom. The monoisotopic (exact) mass is 297 g/mol. The van der Waals surface area contributed by atoms with Crippen molar-refractivity contribution < 1.29 is 9.52 Å². The quantitative estimate of drug-likeness (QED) is 0.623. The van der Waals surface area contributed by atoms with Gasteiger partial charge >= 0.3 is 0 Å². The molecule has 1 saturated heterocycles. The fraction of sp³-hybridized carbons (Fsp3) is 0.294. The number of hydrogen-bond acceptors (Lipinski definition) is 3. The molecule has 1 atom stereocenters. The van der Waals surface area contributed by atoms with E-state index in [4.69, 9.17) is 0 Å². The van der Waals surface area contributed by atoms with E-state index in [2.05, 4.69) is 24.1 Å². The number of likely N-dealkylation sites (N-methyl/N-ethyl adjacent to an activating group) is 1. The van der Waals surface area contributed by atoms with Gasteiger partial charge in [0.2, 0.25) is 0 Å². The second-order valence-corrected chi connectivity index (χ2v) is 5.63. The molecule has 5 heteroatoms. The van der Waals surface area contributed by atoms with E-state index < -0.39 is 0 Å². The summed E-state index contributed by atoms with van der Waals surface area (Å²) in [5, 5.41) is 11.1. The van der Waals surface area contributed by atoms with Crippen LogP contribution in [0.25, 0.3) is 0 Å². The largest absolute Gasteiger partial charge is 0.619 e. The predicted molar refractivity (Wildman–Crippen MR) is 83.1 cm³/mol. The average molecular weight is 297 g/mol. The molecule has 0 saturated carbocycles. The van der Waals surface area contributed by atoms with Crippen LogP contribution in [0.1, 0.15) is 22.0 Å². The molecule has 2 aromatic rings. The minimum absolute atomic E-state index is 0.0254. The number of aromatic nitrogens is 1. The number of benzene rings is 1. The van der Waals surface area contributed by atoms with Gasteiger partial charge in [-0.1, -0.05) is 30.3 Å². The maximum absolute atomic E-state index is 12.8. The lowest BCUT2D eigenvalue weighted by atomic mass is 10.0. The van der Waals surface area contributed by atoms with Crippen LogP contribution >= 0.6 is 0 Å². The number of amides is 1. The van der Waals surface area contributed by atoms with E-state index in [0.29, 0.717) is 16.8 Å². The molecule has 0 aliphatic carbocycles. The van der Waals surface area contributed by atoms with Crippen molar-refractivity contribution in [3.63, 3.8) is 0 Å². The summed E-state index contributed by atoms with van der Waals surface area (Å²) in [6, 6.07) is 13.3. The van der Waals surface area contributed by atoms with Gasteiger partial charge in [-0.25, -0.2) is 0 Å². The van der Waals surface area contributed by atoms with Gasteiger partial charge in [-0.3, -0.25) is 4.79 Å². The molecule has 3 rings (SSSR count). The summed E-state index contributed by atoms with van der Waals surface area (Å²) >= 11 is 0. The van der Waals surface area contributed by atoms with Crippen molar-refractivity contribution in [3.05, 3.63) is 71.2 Å². The molecule has 1 aromatic carbocycles. The van der Waals surface area contributed by atoms with E-state index in [0.717, 1.165) is 18.7 Å². The topological polar surface area (TPSA) is 50.5 Å². The van der Waals surface area contributed by atoms with Crippen molar-refractivity contribution in [2.75, 3.05) is 26.7 Å². The number of carbonyl (C=O) groups excluding carboxylic acids is 1. The number of rotatable bonds is 2. The van der Waals surface area contributed by atoms with Crippen LogP contribution in [0.2, 0.25) is 0 Å². The van der Waals surface area contributed by atoms with Gasteiger partial charge in [0.1, 0.15) is 0 Å². The Bertz CT molecular complexity index is 643. The van der Waals surface area contributed by atoms with E-state index in [-0.39, 0.29) is 11.9 Å². The van der Waals surface area contributed by atoms with E-state index in [1.165, 1.54) is 12.4 Å². The zero-order chi connectivity index (χ0) is 15.5. The molecule has 5 nitrogen and oxygen atoms in total. The first-order chi connectivity index (χ1) is 10.6. The molecule has 0 N–H and O–H groups in total. The molecule has 0 radical (unpaired) electrons. The number of nitrogens with zero attached hydrogens (tertiary/aromatic N) is 3. The second-order valence-electron chi connectivity index (χ2n) is 5.63. The summed E-state index contributed by atoms with van der Waals surface area (Å²) in [5.74, 6) is -0.0254. The SMILES string of the molecule is CN1CCN(C(=O)c2cc[n+]([O-])cc2)C(c2ccccc2)C1. The molecule has 1 aromatic heterocycles. The molecule has 1 aliphatic heterocycles. The molecule has 0 bridgehead atoms. The maximum Gasteiger partial charge on any atom is 0.254 e. The molecular weight excluding hydrogens is 278 g/mol. The Hall–Kier alpha value is -2.40. The lowest BCUT2D eigenvalue weighted by Crippen LogP contribution is -2.49. The molecule has 1 fully saturated rings. The Balaban J connectivity index is 1.89. The van der Waals surface area contributed by atoms with Crippen LogP contribution in [0, 0.1) is 5.21 Å².